The number of nitrogens with two attached hydrogens (primary N) is 5. The first kappa shape index (κ1) is 37.4. The van der Waals surface area contributed by atoms with E-state index in [0.717, 1.165) is 0 Å². The fraction of sp³-hybridized carbons (Fsp3) is 0.962. The zero-order chi connectivity index (χ0) is 32.7. The van der Waals surface area contributed by atoms with Crippen LogP contribution < -0.4 is 34.0 Å². The molecule has 258 valence electrons. The Labute approximate surface area is 255 Å². The Hall–Kier alpha value is -1.01. The highest BCUT2D eigenvalue weighted by molar-refractivity contribution is 5.83. The average molecular weight is 641 g/mol. The Morgan fingerprint density at radius 2 is 1.55 bits per heavy atom. The molecule has 18 N–H and O–H groups in total. The third-order valence-electron chi connectivity index (χ3n) is 8.54. The fourth-order valence-electron chi connectivity index (χ4n) is 5.88. The number of ether oxygens (including phenoxy) is 4. The number of rotatable bonds is 15. The summed E-state index contributed by atoms with van der Waals surface area (Å²) in [4.78, 5) is 12.6. The summed E-state index contributed by atoms with van der Waals surface area (Å²) in [5, 5.41) is 75.5. The standard InChI is InChI=1S/C26H52N6O12/c27-2-1-11(34)7-32-8-17-15(36)5-13(30)25(41-17)44-24-12(29)3-10(4-14(35)16(37)6-28)23(22(24)40)43-26-21(39)19(31)20(38)18(9-33)42-26/h10-13,15-26,32-34,36-40H,1-9,27-31H2/t10-,11?,12-,13+,15-,16-,17+,18+,19-,20+,21+,22+,23-,24+,25+,26+/m0/s1. The second-order valence-corrected chi connectivity index (χ2v) is 12.0. The van der Waals surface area contributed by atoms with E-state index in [1.807, 2.05) is 0 Å². The number of carbonyl (C=O) groups excluding carboxylic acids is 1. The van der Waals surface area contributed by atoms with Crippen LogP contribution in [0.25, 0.3) is 0 Å². The number of hydrogen-bond acceptors (Lipinski definition) is 18. The summed E-state index contributed by atoms with van der Waals surface area (Å²) >= 11 is 0. The molecule has 0 bridgehead atoms. The molecule has 3 fully saturated rings. The maximum absolute atomic E-state index is 12.6. The van der Waals surface area contributed by atoms with Crippen LogP contribution >= 0.6 is 0 Å². The van der Waals surface area contributed by atoms with Crippen molar-refractivity contribution < 1.29 is 59.5 Å². The third-order valence-corrected chi connectivity index (χ3v) is 8.54. The Morgan fingerprint density at radius 1 is 0.886 bits per heavy atom. The average Bonchev–Trinajstić information content (AvgIpc) is 2.98. The third kappa shape index (κ3) is 9.29. The van der Waals surface area contributed by atoms with Crippen LogP contribution in [0.1, 0.15) is 25.7 Å². The summed E-state index contributed by atoms with van der Waals surface area (Å²) in [7, 11) is 0. The number of aliphatic hydroxyl groups is 7. The molecule has 0 aromatic rings. The van der Waals surface area contributed by atoms with E-state index in [4.69, 9.17) is 47.6 Å². The highest BCUT2D eigenvalue weighted by Crippen LogP contribution is 2.36. The smallest absolute Gasteiger partial charge is 0.186 e. The van der Waals surface area contributed by atoms with Crippen molar-refractivity contribution in [3.63, 3.8) is 0 Å². The fourth-order valence-corrected chi connectivity index (χ4v) is 5.88. The van der Waals surface area contributed by atoms with Crippen molar-refractivity contribution in [2.75, 3.05) is 32.8 Å². The molecule has 18 nitrogen and oxygen atoms in total. The van der Waals surface area contributed by atoms with Gasteiger partial charge in [-0.05, 0) is 31.7 Å². The second kappa shape index (κ2) is 17.2. The molecule has 0 spiro atoms. The number of Topliss-reactive ketones (excluding diaryl/α,β-unsaturated/α-hetero) is 1. The molecule has 44 heavy (non-hydrogen) atoms. The van der Waals surface area contributed by atoms with Crippen LogP contribution in [0.4, 0.5) is 0 Å². The van der Waals surface area contributed by atoms with Crippen LogP contribution in [0.2, 0.25) is 0 Å². The van der Waals surface area contributed by atoms with Crippen LogP contribution in [-0.2, 0) is 23.7 Å². The van der Waals surface area contributed by atoms with Gasteiger partial charge < -0.3 is 88.7 Å². The molecule has 16 atom stereocenters. The van der Waals surface area contributed by atoms with Gasteiger partial charge in [0.15, 0.2) is 18.4 Å². The predicted molar refractivity (Wildman–Crippen MR) is 152 cm³/mol. The lowest BCUT2D eigenvalue weighted by Gasteiger charge is -2.48. The number of nitrogens with one attached hydrogen (secondary N) is 1. The van der Waals surface area contributed by atoms with Gasteiger partial charge in [-0.2, -0.15) is 0 Å². The first-order valence-corrected chi connectivity index (χ1v) is 15.0. The van der Waals surface area contributed by atoms with Crippen molar-refractivity contribution >= 4 is 5.78 Å². The summed E-state index contributed by atoms with van der Waals surface area (Å²) in [5.41, 5.74) is 29.4. The highest BCUT2D eigenvalue weighted by Gasteiger charge is 2.51. The first-order chi connectivity index (χ1) is 20.8. The van der Waals surface area contributed by atoms with E-state index in [9.17, 15) is 40.5 Å². The van der Waals surface area contributed by atoms with Crippen LogP contribution in [0, 0.1) is 5.92 Å². The zero-order valence-electron chi connectivity index (χ0n) is 24.7. The molecule has 18 heteroatoms. The van der Waals surface area contributed by atoms with Gasteiger partial charge in [0, 0.05) is 32.1 Å². The molecule has 1 saturated carbocycles. The summed E-state index contributed by atoms with van der Waals surface area (Å²) in [6, 6.07) is -2.95. The highest BCUT2D eigenvalue weighted by atomic mass is 16.7. The molecule has 3 aliphatic rings. The minimum atomic E-state index is -1.57. The zero-order valence-corrected chi connectivity index (χ0v) is 24.7. The van der Waals surface area contributed by atoms with Crippen molar-refractivity contribution in [1.82, 2.24) is 5.32 Å². The van der Waals surface area contributed by atoms with E-state index in [1.165, 1.54) is 0 Å². The van der Waals surface area contributed by atoms with Crippen molar-refractivity contribution in [3.05, 3.63) is 0 Å². The lowest BCUT2D eigenvalue weighted by molar-refractivity contribution is -0.320. The first-order valence-electron chi connectivity index (χ1n) is 15.0. The van der Waals surface area contributed by atoms with E-state index in [-0.39, 0.29) is 38.9 Å². The largest absolute Gasteiger partial charge is 0.394 e. The Kier molecular flexibility index (Phi) is 14.7. The van der Waals surface area contributed by atoms with Gasteiger partial charge in [0.25, 0.3) is 0 Å². The Morgan fingerprint density at radius 3 is 2.18 bits per heavy atom. The van der Waals surface area contributed by atoms with E-state index < -0.39 is 110 Å². The molecule has 1 aliphatic carbocycles. The quantitative estimate of drug-likeness (QED) is 0.0790. The number of aliphatic hydroxyl groups excluding tert-OH is 7. The summed E-state index contributed by atoms with van der Waals surface area (Å²) in [5.74, 6) is -1.42. The predicted octanol–water partition coefficient (Wildman–Crippen LogP) is -7.39. The topological polar surface area (TPSA) is 338 Å². The molecule has 0 aromatic carbocycles. The van der Waals surface area contributed by atoms with Gasteiger partial charge in [-0.3, -0.25) is 4.79 Å². The molecule has 2 saturated heterocycles. The van der Waals surface area contributed by atoms with Crippen molar-refractivity contribution in [2.45, 2.75) is 117 Å². The monoisotopic (exact) mass is 640 g/mol. The van der Waals surface area contributed by atoms with E-state index in [2.05, 4.69) is 5.32 Å². The summed E-state index contributed by atoms with van der Waals surface area (Å²) in [6.45, 7) is -0.268. The maximum Gasteiger partial charge on any atom is 0.186 e. The van der Waals surface area contributed by atoms with Gasteiger partial charge in [-0.1, -0.05) is 0 Å². The second-order valence-electron chi connectivity index (χ2n) is 12.0. The molecule has 2 heterocycles. The van der Waals surface area contributed by atoms with Gasteiger partial charge in [0.1, 0.15) is 36.6 Å². The van der Waals surface area contributed by atoms with E-state index in [1.54, 1.807) is 0 Å². The number of carbonyl (C=O) groups is 1. The Balaban J connectivity index is 1.76. The van der Waals surface area contributed by atoms with Crippen LogP contribution in [0.3, 0.4) is 0 Å². The molecule has 0 aromatic heterocycles. The van der Waals surface area contributed by atoms with E-state index in [0.29, 0.717) is 13.0 Å². The Bertz CT molecular complexity index is 881. The molecule has 0 radical (unpaired) electrons. The maximum atomic E-state index is 12.6. The van der Waals surface area contributed by atoms with Gasteiger partial charge >= 0.3 is 0 Å². The SMILES string of the molecule is NCCC(O)CNC[C@H]1O[C@H](O[C@H]2[C@H](O)[C@@H](O[C@H]3O[C@H](CO)[C@@H](O)[C@H](N)[C@H]3O)[C@H](CC(=O)[C@@H](O)CN)C[C@@H]2N)[C@H](N)C[C@@H]1O. The molecular weight excluding hydrogens is 588 g/mol. The summed E-state index contributed by atoms with van der Waals surface area (Å²) in [6.07, 6.45) is -14.4. The van der Waals surface area contributed by atoms with Gasteiger partial charge in [0.05, 0.1) is 43.1 Å². The molecule has 0 amide bonds. The number of hydrogen-bond donors (Lipinski definition) is 13. The van der Waals surface area contributed by atoms with Gasteiger partial charge in [-0.15, -0.1) is 0 Å². The van der Waals surface area contributed by atoms with Crippen molar-refractivity contribution in [2.24, 2.45) is 34.6 Å². The molecule has 3 rings (SSSR count). The molecular formula is C26H52N6O12. The van der Waals surface area contributed by atoms with E-state index >= 15 is 0 Å². The minimum absolute atomic E-state index is 0.0466. The van der Waals surface area contributed by atoms with Crippen LogP contribution in [-0.4, -0.2) is 166 Å². The molecule has 2 aliphatic heterocycles. The lowest BCUT2D eigenvalue weighted by Crippen LogP contribution is -2.66. The normalized spacial score (nSPS) is 43.0. The van der Waals surface area contributed by atoms with Crippen LogP contribution in [0.15, 0.2) is 0 Å². The van der Waals surface area contributed by atoms with Gasteiger partial charge in [0.2, 0.25) is 0 Å². The van der Waals surface area contributed by atoms with Crippen LogP contribution in [0.5, 0.6) is 0 Å². The molecule has 1 unspecified atom stereocenters. The van der Waals surface area contributed by atoms with Crippen molar-refractivity contribution in [1.29, 1.82) is 0 Å². The minimum Gasteiger partial charge on any atom is -0.394 e. The lowest BCUT2D eigenvalue weighted by atomic mass is 9.76. The number of ketones is 1. The van der Waals surface area contributed by atoms with Gasteiger partial charge in [-0.25, -0.2) is 0 Å². The van der Waals surface area contributed by atoms with Crippen molar-refractivity contribution in [3.8, 4) is 0 Å². The summed E-state index contributed by atoms with van der Waals surface area (Å²) < 4.78 is 23.5.